The number of rotatable bonds is 5. The van der Waals surface area contributed by atoms with Crippen LogP contribution in [0.5, 0.6) is 0 Å². The number of hydrogen-bond acceptors (Lipinski definition) is 4. The van der Waals surface area contributed by atoms with Crippen LogP contribution < -0.4 is 4.72 Å². The van der Waals surface area contributed by atoms with E-state index in [9.17, 15) is 8.42 Å². The van der Waals surface area contributed by atoms with Crippen molar-refractivity contribution in [3.63, 3.8) is 0 Å². The molecule has 0 aliphatic carbocycles. The lowest BCUT2D eigenvalue weighted by molar-refractivity contribution is 0.390. The van der Waals surface area contributed by atoms with Crippen LogP contribution in [0.3, 0.4) is 0 Å². The average molecular weight is 333 g/mol. The van der Waals surface area contributed by atoms with Gasteiger partial charge in [0.1, 0.15) is 5.69 Å². The number of benzene rings is 1. The van der Waals surface area contributed by atoms with Crippen LogP contribution in [0.2, 0.25) is 0 Å². The highest BCUT2D eigenvalue weighted by Gasteiger charge is 2.24. The molecule has 3 aromatic rings. The van der Waals surface area contributed by atoms with E-state index in [4.69, 9.17) is 4.52 Å². The number of fused-ring (bicyclic) bond motifs is 1. The van der Waals surface area contributed by atoms with Gasteiger partial charge < -0.3 is 9.09 Å². The first-order valence-corrected chi connectivity index (χ1v) is 8.95. The summed E-state index contributed by atoms with van der Waals surface area (Å²) in [7, 11) is -3.72. The third kappa shape index (κ3) is 2.84. The van der Waals surface area contributed by atoms with Gasteiger partial charge in [-0.15, -0.1) is 0 Å². The average Bonchev–Trinajstić information content (AvgIpc) is 3.03. The normalized spacial score (nSPS) is 12.0. The largest absolute Gasteiger partial charge is 0.360 e. The summed E-state index contributed by atoms with van der Waals surface area (Å²) in [6.45, 7) is 6.26. The zero-order valence-electron chi connectivity index (χ0n) is 13.3. The SMILES string of the molecule is CCCn1ccc2cc(NS(=O)(=O)c3c(C)noc3C)ccc21. The second-order valence-corrected chi connectivity index (χ2v) is 7.16. The fraction of sp³-hybridized carbons (Fsp3) is 0.312. The van der Waals surface area contributed by atoms with Gasteiger partial charge in [0.15, 0.2) is 10.7 Å². The highest BCUT2D eigenvalue weighted by Crippen LogP contribution is 2.25. The van der Waals surface area contributed by atoms with E-state index in [0.29, 0.717) is 11.4 Å². The Morgan fingerprint density at radius 2 is 2.04 bits per heavy atom. The van der Waals surface area contributed by atoms with Crippen molar-refractivity contribution in [1.82, 2.24) is 9.72 Å². The van der Waals surface area contributed by atoms with Crippen molar-refractivity contribution in [3.8, 4) is 0 Å². The first kappa shape index (κ1) is 15.6. The molecule has 0 unspecified atom stereocenters. The maximum atomic E-state index is 12.5. The van der Waals surface area contributed by atoms with Gasteiger partial charge in [-0.05, 0) is 44.5 Å². The van der Waals surface area contributed by atoms with Crippen molar-refractivity contribution >= 4 is 26.6 Å². The van der Waals surface area contributed by atoms with E-state index >= 15 is 0 Å². The van der Waals surface area contributed by atoms with Gasteiger partial charge in [0, 0.05) is 29.3 Å². The van der Waals surface area contributed by atoms with Gasteiger partial charge in [0.2, 0.25) is 0 Å². The van der Waals surface area contributed by atoms with Crippen molar-refractivity contribution in [2.45, 2.75) is 38.6 Å². The summed E-state index contributed by atoms with van der Waals surface area (Å²) in [5.41, 5.74) is 1.96. The third-order valence-electron chi connectivity index (χ3n) is 3.72. The fourth-order valence-electron chi connectivity index (χ4n) is 2.76. The lowest BCUT2D eigenvalue weighted by Gasteiger charge is -2.08. The van der Waals surface area contributed by atoms with Crippen molar-refractivity contribution < 1.29 is 12.9 Å². The smallest absolute Gasteiger partial charge is 0.267 e. The Morgan fingerprint density at radius 3 is 2.70 bits per heavy atom. The van der Waals surface area contributed by atoms with E-state index in [2.05, 4.69) is 21.4 Å². The van der Waals surface area contributed by atoms with E-state index in [1.807, 2.05) is 24.4 Å². The quantitative estimate of drug-likeness (QED) is 0.776. The topological polar surface area (TPSA) is 77.1 Å². The zero-order valence-corrected chi connectivity index (χ0v) is 14.1. The molecule has 0 aliphatic heterocycles. The molecule has 0 radical (unpaired) electrons. The van der Waals surface area contributed by atoms with E-state index in [1.54, 1.807) is 19.9 Å². The molecule has 122 valence electrons. The van der Waals surface area contributed by atoms with Crippen LogP contribution in [-0.4, -0.2) is 18.1 Å². The Bertz CT molecular complexity index is 935. The highest BCUT2D eigenvalue weighted by molar-refractivity contribution is 7.92. The third-order valence-corrected chi connectivity index (χ3v) is 5.35. The van der Waals surface area contributed by atoms with Crippen LogP contribution in [0, 0.1) is 13.8 Å². The lowest BCUT2D eigenvalue weighted by Crippen LogP contribution is -2.14. The lowest BCUT2D eigenvalue weighted by atomic mass is 10.2. The molecule has 0 atom stereocenters. The summed E-state index contributed by atoms with van der Waals surface area (Å²) >= 11 is 0. The predicted molar refractivity (Wildman–Crippen MR) is 89.0 cm³/mol. The fourth-order valence-corrected chi connectivity index (χ4v) is 4.15. The van der Waals surface area contributed by atoms with Crippen molar-refractivity contribution in [1.29, 1.82) is 0 Å². The van der Waals surface area contributed by atoms with Gasteiger partial charge in [-0.1, -0.05) is 12.1 Å². The Balaban J connectivity index is 1.95. The van der Waals surface area contributed by atoms with E-state index in [1.165, 1.54) is 0 Å². The van der Waals surface area contributed by atoms with Crippen LogP contribution in [0.25, 0.3) is 10.9 Å². The van der Waals surface area contributed by atoms with E-state index in [-0.39, 0.29) is 10.7 Å². The summed E-state index contributed by atoms with van der Waals surface area (Å²) in [6, 6.07) is 7.51. The molecule has 7 heteroatoms. The molecule has 0 saturated heterocycles. The Morgan fingerprint density at radius 1 is 1.26 bits per heavy atom. The molecule has 0 bridgehead atoms. The summed E-state index contributed by atoms with van der Waals surface area (Å²) in [6.07, 6.45) is 3.06. The summed E-state index contributed by atoms with van der Waals surface area (Å²) in [5, 5.41) is 4.70. The molecule has 6 nitrogen and oxygen atoms in total. The number of hydrogen-bond donors (Lipinski definition) is 1. The molecule has 0 fully saturated rings. The van der Waals surface area contributed by atoms with Gasteiger partial charge in [-0.25, -0.2) is 8.42 Å². The van der Waals surface area contributed by atoms with Gasteiger partial charge in [0.05, 0.1) is 0 Å². The van der Waals surface area contributed by atoms with Crippen molar-refractivity contribution in [2.75, 3.05) is 4.72 Å². The number of nitrogens with one attached hydrogen (secondary N) is 1. The van der Waals surface area contributed by atoms with Crippen LogP contribution in [0.15, 0.2) is 39.9 Å². The molecule has 2 heterocycles. The molecule has 1 N–H and O–H groups in total. The van der Waals surface area contributed by atoms with Gasteiger partial charge >= 0.3 is 0 Å². The van der Waals surface area contributed by atoms with E-state index in [0.717, 1.165) is 23.9 Å². The molecule has 0 saturated carbocycles. The van der Waals surface area contributed by atoms with Gasteiger partial charge in [0.25, 0.3) is 10.0 Å². The number of nitrogens with zero attached hydrogens (tertiary/aromatic N) is 2. The second-order valence-electron chi connectivity index (χ2n) is 5.54. The Hall–Kier alpha value is -2.28. The predicted octanol–water partition coefficient (Wildman–Crippen LogP) is 3.46. The van der Waals surface area contributed by atoms with Crippen LogP contribution >= 0.6 is 0 Å². The molecule has 0 aliphatic rings. The van der Waals surface area contributed by atoms with Gasteiger partial charge in [-0.2, -0.15) is 0 Å². The second kappa shape index (κ2) is 5.73. The maximum Gasteiger partial charge on any atom is 0.267 e. The molecular weight excluding hydrogens is 314 g/mol. The maximum absolute atomic E-state index is 12.5. The summed E-state index contributed by atoms with van der Waals surface area (Å²) in [4.78, 5) is 0.0983. The molecule has 23 heavy (non-hydrogen) atoms. The monoisotopic (exact) mass is 333 g/mol. The van der Waals surface area contributed by atoms with Crippen molar-refractivity contribution in [3.05, 3.63) is 41.9 Å². The van der Waals surface area contributed by atoms with Crippen molar-refractivity contribution in [2.24, 2.45) is 0 Å². The summed E-state index contributed by atoms with van der Waals surface area (Å²) in [5.74, 6) is 0.283. The Labute approximate surface area is 135 Å². The highest BCUT2D eigenvalue weighted by atomic mass is 32.2. The zero-order chi connectivity index (χ0) is 16.6. The minimum Gasteiger partial charge on any atom is -0.360 e. The molecule has 1 aromatic carbocycles. The molecule has 3 rings (SSSR count). The van der Waals surface area contributed by atoms with Gasteiger partial charge in [-0.3, -0.25) is 4.72 Å². The number of aromatic nitrogens is 2. The minimum atomic E-state index is -3.72. The summed E-state index contributed by atoms with van der Waals surface area (Å²) < 4.78 is 34.8. The minimum absolute atomic E-state index is 0.0983. The number of anilines is 1. The Kier molecular flexibility index (Phi) is 3.89. The first-order chi connectivity index (χ1) is 10.9. The molecular formula is C16H19N3O3S. The van der Waals surface area contributed by atoms with Crippen LogP contribution in [0.1, 0.15) is 24.8 Å². The van der Waals surface area contributed by atoms with Crippen LogP contribution in [0.4, 0.5) is 5.69 Å². The standard InChI is InChI=1S/C16H19N3O3S/c1-4-8-19-9-7-13-10-14(5-6-15(13)19)18-23(20,21)16-11(2)17-22-12(16)3/h5-7,9-10,18H,4,8H2,1-3H3. The molecule has 2 aromatic heterocycles. The number of sulfonamides is 1. The van der Waals surface area contributed by atoms with E-state index < -0.39 is 10.0 Å². The first-order valence-electron chi connectivity index (χ1n) is 7.47. The number of aryl methyl sites for hydroxylation is 3. The molecule has 0 spiro atoms. The van der Waals surface area contributed by atoms with Crippen LogP contribution in [-0.2, 0) is 16.6 Å². The molecule has 0 amide bonds.